The predicted octanol–water partition coefficient (Wildman–Crippen LogP) is 2.52. The highest BCUT2D eigenvalue weighted by Crippen LogP contribution is 2.29. The van der Waals surface area contributed by atoms with Gasteiger partial charge in [0.25, 0.3) is 5.91 Å². The quantitative estimate of drug-likeness (QED) is 0.680. The van der Waals surface area contributed by atoms with E-state index in [9.17, 15) is 14.4 Å². The number of carbonyl (C=O) groups is 3. The first kappa shape index (κ1) is 17.4. The molecule has 1 saturated heterocycles. The van der Waals surface area contributed by atoms with Crippen LogP contribution in [-0.2, 0) is 10.3 Å². The van der Waals surface area contributed by atoms with Crippen molar-refractivity contribution in [1.29, 1.82) is 5.26 Å². The maximum atomic E-state index is 12.9. The predicted molar refractivity (Wildman–Crippen MR) is 94.3 cm³/mol. The van der Waals surface area contributed by atoms with Gasteiger partial charge in [0.1, 0.15) is 5.54 Å². The number of Topliss-reactive ketones (excluding diaryl/α,β-unsaturated/α-hetero) is 1. The molecule has 1 N–H and O–H groups in total. The van der Waals surface area contributed by atoms with E-state index in [1.807, 2.05) is 12.1 Å². The van der Waals surface area contributed by atoms with Crippen molar-refractivity contribution in [2.75, 3.05) is 6.54 Å². The summed E-state index contributed by atoms with van der Waals surface area (Å²) in [5, 5.41) is 11.5. The maximum absolute atomic E-state index is 12.9. The summed E-state index contributed by atoms with van der Waals surface area (Å²) in [7, 11) is 0. The normalized spacial score (nSPS) is 19.2. The molecule has 0 aromatic heterocycles. The molecule has 1 unspecified atom stereocenters. The Balaban J connectivity index is 1.85. The standard InChI is InChI=1S/C20H17N3O3/c1-13-5-3-4-6-16(13)17(24)12-23-18(25)20(2,22-19(23)26)15-9-7-14(11-21)8-10-15/h3-10H,12H2,1-2H3,(H,22,26). The van der Waals surface area contributed by atoms with Crippen LogP contribution in [0.5, 0.6) is 0 Å². The van der Waals surface area contributed by atoms with Gasteiger partial charge in [-0.1, -0.05) is 36.4 Å². The van der Waals surface area contributed by atoms with E-state index in [2.05, 4.69) is 5.32 Å². The van der Waals surface area contributed by atoms with Gasteiger partial charge in [0.15, 0.2) is 5.78 Å². The number of hydrogen-bond acceptors (Lipinski definition) is 4. The molecule has 0 spiro atoms. The van der Waals surface area contributed by atoms with Gasteiger partial charge in [0, 0.05) is 5.56 Å². The fraction of sp³-hybridized carbons (Fsp3) is 0.200. The zero-order valence-corrected chi connectivity index (χ0v) is 14.4. The van der Waals surface area contributed by atoms with Crippen molar-refractivity contribution in [3.8, 4) is 6.07 Å². The zero-order chi connectivity index (χ0) is 18.9. The maximum Gasteiger partial charge on any atom is 0.325 e. The van der Waals surface area contributed by atoms with Crippen LogP contribution in [0.4, 0.5) is 4.79 Å². The highest BCUT2D eigenvalue weighted by molar-refractivity contribution is 6.11. The van der Waals surface area contributed by atoms with Crippen LogP contribution >= 0.6 is 0 Å². The Hall–Kier alpha value is -3.46. The van der Waals surface area contributed by atoms with Gasteiger partial charge in [0.2, 0.25) is 0 Å². The minimum absolute atomic E-state index is 0.296. The number of hydrogen-bond donors (Lipinski definition) is 1. The molecule has 0 bridgehead atoms. The van der Waals surface area contributed by atoms with Crippen LogP contribution in [0.15, 0.2) is 48.5 Å². The first-order valence-electron chi connectivity index (χ1n) is 8.10. The third-order valence-electron chi connectivity index (χ3n) is 4.61. The van der Waals surface area contributed by atoms with E-state index in [1.54, 1.807) is 56.3 Å². The van der Waals surface area contributed by atoms with E-state index < -0.39 is 17.5 Å². The van der Waals surface area contributed by atoms with Crippen LogP contribution in [0.2, 0.25) is 0 Å². The van der Waals surface area contributed by atoms with E-state index in [0.29, 0.717) is 16.7 Å². The van der Waals surface area contributed by atoms with Gasteiger partial charge in [-0.25, -0.2) is 4.79 Å². The van der Waals surface area contributed by atoms with Gasteiger partial charge in [-0.15, -0.1) is 0 Å². The van der Waals surface area contributed by atoms with E-state index in [0.717, 1.165) is 10.5 Å². The Morgan fingerprint density at radius 3 is 2.42 bits per heavy atom. The number of nitriles is 1. The fourth-order valence-corrected chi connectivity index (χ4v) is 3.03. The third-order valence-corrected chi connectivity index (χ3v) is 4.61. The summed E-state index contributed by atoms with van der Waals surface area (Å²) in [6.07, 6.45) is 0. The van der Waals surface area contributed by atoms with Crippen molar-refractivity contribution in [3.05, 3.63) is 70.8 Å². The van der Waals surface area contributed by atoms with Crippen molar-refractivity contribution in [3.63, 3.8) is 0 Å². The minimum atomic E-state index is -1.27. The van der Waals surface area contributed by atoms with Crippen LogP contribution in [0.1, 0.15) is 34.0 Å². The molecule has 1 heterocycles. The number of imide groups is 1. The van der Waals surface area contributed by atoms with E-state index >= 15 is 0 Å². The number of urea groups is 1. The lowest BCUT2D eigenvalue weighted by atomic mass is 9.91. The molecule has 6 nitrogen and oxygen atoms in total. The number of aryl methyl sites for hydroxylation is 1. The Labute approximate surface area is 151 Å². The van der Waals surface area contributed by atoms with E-state index in [4.69, 9.17) is 5.26 Å². The second kappa shape index (κ2) is 6.45. The lowest BCUT2D eigenvalue weighted by Crippen LogP contribution is -2.41. The van der Waals surface area contributed by atoms with E-state index in [1.165, 1.54) is 0 Å². The van der Waals surface area contributed by atoms with Crippen LogP contribution in [0.25, 0.3) is 0 Å². The number of nitrogens with one attached hydrogen (secondary N) is 1. The topological polar surface area (TPSA) is 90.3 Å². The number of benzene rings is 2. The summed E-state index contributed by atoms with van der Waals surface area (Å²) in [4.78, 5) is 38.7. The average molecular weight is 347 g/mol. The SMILES string of the molecule is Cc1ccccc1C(=O)CN1C(=O)NC(C)(c2ccc(C#N)cc2)C1=O. The second-order valence-corrected chi connectivity index (χ2v) is 6.37. The van der Waals surface area contributed by atoms with Crippen LogP contribution in [-0.4, -0.2) is 29.2 Å². The largest absolute Gasteiger partial charge is 0.325 e. The summed E-state index contributed by atoms with van der Waals surface area (Å²) in [5.41, 5.74) is 1.03. The number of carbonyl (C=O) groups excluding carboxylic acids is 3. The van der Waals surface area contributed by atoms with Crippen molar-refractivity contribution < 1.29 is 14.4 Å². The molecule has 1 fully saturated rings. The Kier molecular flexibility index (Phi) is 4.31. The first-order valence-corrected chi connectivity index (χ1v) is 8.10. The summed E-state index contributed by atoms with van der Waals surface area (Å²) in [5.74, 6) is -0.787. The fourth-order valence-electron chi connectivity index (χ4n) is 3.03. The molecule has 1 aliphatic rings. The van der Waals surface area contributed by atoms with Gasteiger partial charge in [0.05, 0.1) is 18.2 Å². The summed E-state index contributed by atoms with van der Waals surface area (Å²) >= 11 is 0. The van der Waals surface area contributed by atoms with Crippen molar-refractivity contribution >= 4 is 17.7 Å². The van der Waals surface area contributed by atoms with Gasteiger partial charge in [-0.3, -0.25) is 14.5 Å². The Bertz CT molecular complexity index is 944. The molecule has 0 radical (unpaired) electrons. The molecular weight excluding hydrogens is 330 g/mol. The molecule has 3 rings (SSSR count). The van der Waals surface area contributed by atoms with Gasteiger partial charge >= 0.3 is 6.03 Å². The van der Waals surface area contributed by atoms with E-state index in [-0.39, 0.29) is 12.3 Å². The summed E-state index contributed by atoms with van der Waals surface area (Å²) < 4.78 is 0. The lowest BCUT2D eigenvalue weighted by molar-refractivity contribution is -0.130. The summed E-state index contributed by atoms with van der Waals surface area (Å²) in [6.45, 7) is 3.08. The molecule has 2 aromatic rings. The molecule has 1 atom stereocenters. The molecule has 0 aliphatic carbocycles. The number of ketones is 1. The first-order chi connectivity index (χ1) is 12.4. The molecule has 2 aromatic carbocycles. The van der Waals surface area contributed by atoms with Crippen LogP contribution < -0.4 is 5.32 Å². The van der Waals surface area contributed by atoms with Crippen molar-refractivity contribution in [1.82, 2.24) is 10.2 Å². The molecule has 26 heavy (non-hydrogen) atoms. The minimum Gasteiger partial charge on any atom is -0.319 e. The monoisotopic (exact) mass is 347 g/mol. The lowest BCUT2D eigenvalue weighted by Gasteiger charge is -2.22. The van der Waals surface area contributed by atoms with Gasteiger partial charge < -0.3 is 5.32 Å². The van der Waals surface area contributed by atoms with Crippen LogP contribution in [0.3, 0.4) is 0 Å². The number of nitrogens with zero attached hydrogens (tertiary/aromatic N) is 2. The number of rotatable bonds is 4. The molecular formula is C20H17N3O3. The summed E-state index contributed by atoms with van der Waals surface area (Å²) in [6, 6.07) is 14.9. The Morgan fingerprint density at radius 2 is 1.81 bits per heavy atom. The molecule has 1 aliphatic heterocycles. The van der Waals surface area contributed by atoms with Gasteiger partial charge in [-0.05, 0) is 37.1 Å². The second-order valence-electron chi connectivity index (χ2n) is 6.37. The highest BCUT2D eigenvalue weighted by atomic mass is 16.2. The van der Waals surface area contributed by atoms with Crippen molar-refractivity contribution in [2.24, 2.45) is 0 Å². The average Bonchev–Trinajstić information content (AvgIpc) is 2.86. The van der Waals surface area contributed by atoms with Crippen LogP contribution in [0, 0.1) is 18.3 Å². The molecule has 6 heteroatoms. The highest BCUT2D eigenvalue weighted by Gasteiger charge is 2.49. The zero-order valence-electron chi connectivity index (χ0n) is 14.4. The smallest absolute Gasteiger partial charge is 0.319 e. The molecule has 3 amide bonds. The molecule has 130 valence electrons. The molecule has 0 saturated carbocycles. The number of amides is 3. The van der Waals surface area contributed by atoms with Crippen molar-refractivity contribution in [2.45, 2.75) is 19.4 Å². The third kappa shape index (κ3) is 2.84. The van der Waals surface area contributed by atoms with Gasteiger partial charge in [-0.2, -0.15) is 5.26 Å². The Morgan fingerprint density at radius 1 is 1.15 bits per heavy atom.